The highest BCUT2D eigenvalue weighted by molar-refractivity contribution is 5.26. The zero-order chi connectivity index (χ0) is 13.0. The van der Waals surface area contributed by atoms with Crippen LogP contribution in [0.2, 0.25) is 0 Å². The molecule has 18 heavy (non-hydrogen) atoms. The molecule has 0 aliphatic heterocycles. The molecule has 0 radical (unpaired) electrons. The Kier molecular flexibility index (Phi) is 3.99. The van der Waals surface area contributed by atoms with Gasteiger partial charge in [0.2, 0.25) is 0 Å². The first-order valence-corrected chi connectivity index (χ1v) is 6.00. The van der Waals surface area contributed by atoms with Gasteiger partial charge in [-0.25, -0.2) is 4.98 Å². The van der Waals surface area contributed by atoms with E-state index in [1.54, 1.807) is 6.20 Å². The monoisotopic (exact) mass is 246 g/mol. The fourth-order valence-corrected chi connectivity index (χ4v) is 1.70. The maximum Gasteiger partial charge on any atom is 0.119 e. The van der Waals surface area contributed by atoms with E-state index in [4.69, 9.17) is 4.74 Å². The number of hydrogen-bond acceptors (Lipinski definition) is 3. The predicted octanol–water partition coefficient (Wildman–Crippen LogP) is 1.94. The minimum Gasteiger partial charge on any atom is -0.491 e. The summed E-state index contributed by atoms with van der Waals surface area (Å²) in [5.41, 5.74) is 1.19. The zero-order valence-electron chi connectivity index (χ0n) is 10.7. The lowest BCUT2D eigenvalue weighted by Crippen LogP contribution is -2.23. The van der Waals surface area contributed by atoms with E-state index < -0.39 is 6.10 Å². The molecular weight excluding hydrogens is 228 g/mol. The molecule has 0 aliphatic rings. The van der Waals surface area contributed by atoms with Crippen molar-refractivity contribution in [3.63, 3.8) is 0 Å². The van der Waals surface area contributed by atoms with Crippen molar-refractivity contribution in [1.82, 2.24) is 9.55 Å². The van der Waals surface area contributed by atoms with Crippen LogP contribution < -0.4 is 4.74 Å². The van der Waals surface area contributed by atoms with Gasteiger partial charge in [-0.2, -0.15) is 0 Å². The Labute approximate surface area is 107 Å². The molecule has 4 heteroatoms. The Morgan fingerprint density at radius 2 is 2.00 bits per heavy atom. The SMILES string of the molecule is Cc1ccc(OCC(O)Cn2ccnc2C)cc1. The summed E-state index contributed by atoms with van der Waals surface area (Å²) in [4.78, 5) is 4.11. The smallest absolute Gasteiger partial charge is 0.119 e. The van der Waals surface area contributed by atoms with Crippen molar-refractivity contribution < 1.29 is 9.84 Å². The molecule has 0 fully saturated rings. The number of aliphatic hydroxyl groups is 1. The summed E-state index contributed by atoms with van der Waals surface area (Å²) in [7, 11) is 0. The van der Waals surface area contributed by atoms with Crippen LogP contribution in [0.3, 0.4) is 0 Å². The summed E-state index contributed by atoms with van der Waals surface area (Å²) in [6.07, 6.45) is 3.03. The highest BCUT2D eigenvalue weighted by Gasteiger charge is 2.07. The first-order valence-electron chi connectivity index (χ1n) is 6.00. The van der Waals surface area contributed by atoms with Crippen LogP contribution in [0, 0.1) is 13.8 Å². The van der Waals surface area contributed by atoms with E-state index in [2.05, 4.69) is 4.98 Å². The number of rotatable bonds is 5. The Morgan fingerprint density at radius 3 is 2.61 bits per heavy atom. The predicted molar refractivity (Wildman–Crippen MR) is 69.6 cm³/mol. The van der Waals surface area contributed by atoms with Crippen molar-refractivity contribution in [2.45, 2.75) is 26.5 Å². The Hall–Kier alpha value is -1.81. The van der Waals surface area contributed by atoms with Gasteiger partial charge < -0.3 is 14.4 Å². The van der Waals surface area contributed by atoms with Gasteiger partial charge in [-0.05, 0) is 26.0 Å². The molecule has 1 unspecified atom stereocenters. The standard InChI is InChI=1S/C14H18N2O2/c1-11-3-5-14(6-4-11)18-10-13(17)9-16-8-7-15-12(16)2/h3-8,13,17H,9-10H2,1-2H3. The minimum atomic E-state index is -0.542. The van der Waals surface area contributed by atoms with Crippen molar-refractivity contribution in [2.24, 2.45) is 0 Å². The van der Waals surface area contributed by atoms with Crippen LogP contribution in [0.25, 0.3) is 0 Å². The third-order valence-electron chi connectivity index (χ3n) is 2.79. The lowest BCUT2D eigenvalue weighted by Gasteiger charge is -2.14. The summed E-state index contributed by atoms with van der Waals surface area (Å²) in [5.74, 6) is 1.67. The quantitative estimate of drug-likeness (QED) is 0.877. The Morgan fingerprint density at radius 1 is 1.28 bits per heavy atom. The maximum atomic E-state index is 9.89. The summed E-state index contributed by atoms with van der Waals surface area (Å²) in [5, 5.41) is 9.89. The molecule has 0 amide bonds. The average Bonchev–Trinajstić information content (AvgIpc) is 2.74. The van der Waals surface area contributed by atoms with Gasteiger partial charge in [-0.1, -0.05) is 17.7 Å². The normalized spacial score (nSPS) is 12.4. The second-order valence-electron chi connectivity index (χ2n) is 4.40. The lowest BCUT2D eigenvalue weighted by atomic mass is 10.2. The van der Waals surface area contributed by atoms with Crippen LogP contribution in [0.5, 0.6) is 5.75 Å². The zero-order valence-corrected chi connectivity index (χ0v) is 10.7. The largest absolute Gasteiger partial charge is 0.491 e. The molecule has 2 rings (SSSR count). The van der Waals surface area contributed by atoms with Gasteiger partial charge in [0.05, 0.1) is 6.54 Å². The highest BCUT2D eigenvalue weighted by atomic mass is 16.5. The first-order chi connectivity index (χ1) is 8.65. The van der Waals surface area contributed by atoms with Gasteiger partial charge >= 0.3 is 0 Å². The second-order valence-corrected chi connectivity index (χ2v) is 4.40. The fraction of sp³-hybridized carbons (Fsp3) is 0.357. The molecule has 1 heterocycles. The molecule has 1 aromatic heterocycles. The van der Waals surface area contributed by atoms with Crippen molar-refractivity contribution in [3.8, 4) is 5.75 Å². The topological polar surface area (TPSA) is 47.3 Å². The molecule has 0 saturated heterocycles. The molecular formula is C14H18N2O2. The van der Waals surface area contributed by atoms with E-state index in [9.17, 15) is 5.11 Å². The summed E-state index contributed by atoms with van der Waals surface area (Å²) >= 11 is 0. The van der Waals surface area contributed by atoms with Gasteiger partial charge in [0.1, 0.15) is 24.3 Å². The van der Waals surface area contributed by atoms with Gasteiger partial charge in [0, 0.05) is 12.4 Å². The van der Waals surface area contributed by atoms with E-state index in [0.717, 1.165) is 11.6 Å². The van der Waals surface area contributed by atoms with E-state index in [0.29, 0.717) is 6.54 Å². The first kappa shape index (κ1) is 12.6. The van der Waals surface area contributed by atoms with E-state index in [1.165, 1.54) is 5.56 Å². The molecule has 4 nitrogen and oxygen atoms in total. The number of imidazole rings is 1. The van der Waals surface area contributed by atoms with Gasteiger partial charge in [0.15, 0.2) is 0 Å². The van der Waals surface area contributed by atoms with Crippen molar-refractivity contribution >= 4 is 0 Å². The molecule has 1 N–H and O–H groups in total. The molecule has 2 aromatic rings. The number of ether oxygens (including phenoxy) is 1. The lowest BCUT2D eigenvalue weighted by molar-refractivity contribution is 0.0919. The number of hydrogen-bond donors (Lipinski definition) is 1. The molecule has 96 valence electrons. The molecule has 1 atom stereocenters. The maximum absolute atomic E-state index is 9.89. The molecule has 1 aromatic carbocycles. The number of benzene rings is 1. The highest BCUT2D eigenvalue weighted by Crippen LogP contribution is 2.11. The van der Waals surface area contributed by atoms with Crippen molar-refractivity contribution in [2.75, 3.05) is 6.61 Å². The van der Waals surface area contributed by atoms with E-state index in [-0.39, 0.29) is 6.61 Å². The Bertz CT molecular complexity index is 491. The van der Waals surface area contributed by atoms with E-state index >= 15 is 0 Å². The number of aryl methyl sites for hydroxylation is 2. The Balaban J connectivity index is 1.83. The number of aromatic nitrogens is 2. The van der Waals surface area contributed by atoms with Gasteiger partial charge in [-0.15, -0.1) is 0 Å². The van der Waals surface area contributed by atoms with Crippen LogP contribution in [0.1, 0.15) is 11.4 Å². The molecule has 0 bridgehead atoms. The third-order valence-corrected chi connectivity index (χ3v) is 2.79. The van der Waals surface area contributed by atoms with Crippen molar-refractivity contribution in [1.29, 1.82) is 0 Å². The summed E-state index contributed by atoms with van der Waals surface area (Å²) in [6, 6.07) is 7.79. The summed E-state index contributed by atoms with van der Waals surface area (Å²) in [6.45, 7) is 4.71. The van der Waals surface area contributed by atoms with Crippen molar-refractivity contribution in [3.05, 3.63) is 48.0 Å². The van der Waals surface area contributed by atoms with Gasteiger partial charge in [0.25, 0.3) is 0 Å². The van der Waals surface area contributed by atoms with Crippen LogP contribution >= 0.6 is 0 Å². The van der Waals surface area contributed by atoms with Crippen LogP contribution in [0.15, 0.2) is 36.7 Å². The molecule has 0 saturated carbocycles. The average molecular weight is 246 g/mol. The summed E-state index contributed by atoms with van der Waals surface area (Å²) < 4.78 is 7.43. The fourth-order valence-electron chi connectivity index (χ4n) is 1.70. The molecule has 0 spiro atoms. The van der Waals surface area contributed by atoms with E-state index in [1.807, 2.05) is 48.9 Å². The number of nitrogens with zero attached hydrogens (tertiary/aromatic N) is 2. The van der Waals surface area contributed by atoms with Crippen LogP contribution in [-0.2, 0) is 6.54 Å². The second kappa shape index (κ2) is 5.69. The third kappa shape index (κ3) is 3.34. The van der Waals surface area contributed by atoms with Crippen LogP contribution in [0.4, 0.5) is 0 Å². The minimum absolute atomic E-state index is 0.278. The number of aliphatic hydroxyl groups excluding tert-OH is 1. The van der Waals surface area contributed by atoms with Crippen LogP contribution in [-0.4, -0.2) is 27.4 Å². The molecule has 0 aliphatic carbocycles. The van der Waals surface area contributed by atoms with Gasteiger partial charge in [-0.3, -0.25) is 0 Å².